The Morgan fingerprint density at radius 1 is 1.38 bits per heavy atom. The van der Waals surface area contributed by atoms with Crippen LogP contribution in [-0.4, -0.2) is 13.6 Å². The highest BCUT2D eigenvalue weighted by molar-refractivity contribution is 6.33. The first-order chi connectivity index (χ1) is 3.46. The molecule has 0 aromatic rings. The van der Waals surface area contributed by atoms with E-state index in [2.05, 4.69) is 0 Å². The normalized spacial score (nSPS) is 6.62. The first kappa shape index (κ1) is 10.4. The molecule has 0 spiro atoms. The van der Waals surface area contributed by atoms with Gasteiger partial charge < -0.3 is 0 Å². The lowest BCUT2D eigenvalue weighted by molar-refractivity contribution is -0.126. The second-order valence-corrected chi connectivity index (χ2v) is 0.718. The average Bonchev–Trinajstić information content (AvgIpc) is 1.25. The van der Waals surface area contributed by atoms with Crippen LogP contribution in [0.3, 0.4) is 0 Å². The maximum atomic E-state index is 10.4. The number of rotatable bonds is 0. The van der Waals surface area contributed by atoms with E-state index in [1.54, 1.807) is 0 Å². The van der Waals surface area contributed by atoms with E-state index in [1.165, 1.54) is 0 Å². The molecule has 0 amide bonds. The second kappa shape index (κ2) is 6.45. The second-order valence-electron chi connectivity index (χ2n) is 0.718. The molecule has 0 rings (SSSR count). The zero-order valence-corrected chi connectivity index (χ0v) is 4.00. The van der Waals surface area contributed by atoms with Crippen LogP contribution in [0.25, 0.3) is 0 Å². The first-order valence-electron chi connectivity index (χ1n) is 1.55. The van der Waals surface area contributed by atoms with Gasteiger partial charge in [-0.05, 0) is 0 Å². The van der Waals surface area contributed by atoms with Crippen molar-refractivity contribution in [1.82, 2.24) is 0 Å². The molecule has 0 bridgehead atoms. The van der Waals surface area contributed by atoms with Gasteiger partial charge in [0.15, 0.2) is 0 Å². The molecule has 48 valence electrons. The molecule has 0 unspecified atom stereocenters. The van der Waals surface area contributed by atoms with Crippen LogP contribution in [0.4, 0.5) is 17.3 Å². The Bertz CT molecular complexity index is 58.3. The Balaban J connectivity index is 0. The fourth-order valence-electron chi connectivity index (χ4n) is 0. The summed E-state index contributed by atoms with van der Waals surface area (Å²) in [5.41, 5.74) is 0. The number of carbonyl (C=O) groups excluding carboxylic acids is 1. The Labute approximate surface area is 43.9 Å². The molecule has 0 aromatic heterocycles. The van der Waals surface area contributed by atoms with E-state index in [4.69, 9.17) is 4.79 Å². The van der Waals surface area contributed by atoms with Crippen LogP contribution in [0.1, 0.15) is 6.92 Å². The summed E-state index contributed by atoms with van der Waals surface area (Å²) in [7, 11) is -3.67. The lowest BCUT2D eigenvalue weighted by Gasteiger charge is -1.55. The van der Waals surface area contributed by atoms with Gasteiger partial charge in [0.1, 0.15) is 0 Å². The van der Waals surface area contributed by atoms with E-state index in [1.807, 2.05) is 0 Å². The van der Waals surface area contributed by atoms with Crippen LogP contribution in [0.5, 0.6) is 0 Å². The van der Waals surface area contributed by atoms with E-state index in [-0.39, 0.29) is 0 Å². The largest absolute Gasteiger partial charge is 0.762 e. The summed E-state index contributed by atoms with van der Waals surface area (Å²) in [6.07, 6.45) is 0. The molecular weight excluding hydrogens is 127 g/mol. The summed E-state index contributed by atoms with van der Waals surface area (Å²) in [6, 6.07) is -1.33. The van der Waals surface area contributed by atoms with Crippen LogP contribution in [0, 0.1) is 0 Å². The van der Waals surface area contributed by atoms with E-state index < -0.39 is 13.6 Å². The molecule has 1 nitrogen and oxygen atoms in total. The fourth-order valence-corrected chi connectivity index (χ4v) is 0. The Morgan fingerprint density at radius 3 is 1.38 bits per heavy atom. The van der Waals surface area contributed by atoms with Crippen LogP contribution >= 0.6 is 0 Å². The number of hydrogen-bond acceptors (Lipinski definition) is 1. The van der Waals surface area contributed by atoms with E-state index in [0.717, 1.165) is 6.92 Å². The Morgan fingerprint density at radius 2 is 1.38 bits per heavy atom. The lowest BCUT2D eigenvalue weighted by Crippen LogP contribution is -1.76. The minimum absolute atomic E-state index is 0.861. The summed E-state index contributed by atoms with van der Waals surface area (Å²) in [4.78, 5) is 8.78. The number of carbonyl (C=O) groups is 1. The highest BCUT2D eigenvalue weighted by Gasteiger charge is 2.06. The van der Waals surface area contributed by atoms with Crippen molar-refractivity contribution < 1.29 is 22.1 Å². The van der Waals surface area contributed by atoms with Crippen LogP contribution in [0.15, 0.2) is 0 Å². The third-order valence-corrected chi connectivity index (χ3v) is 0. The van der Waals surface area contributed by atoms with Gasteiger partial charge in [0.25, 0.3) is 6.04 Å². The minimum Gasteiger partial charge on any atom is -0.262 e. The number of hydrogen-bond donors (Lipinski definition) is 0. The van der Waals surface area contributed by atoms with Gasteiger partial charge in [-0.25, -0.2) is 0 Å². The van der Waals surface area contributed by atoms with Crippen molar-refractivity contribution in [3.05, 3.63) is 0 Å². The van der Waals surface area contributed by atoms with Gasteiger partial charge in [-0.1, -0.05) is 0 Å². The molecule has 8 heavy (non-hydrogen) atoms. The fraction of sp³-hybridized carbons (Fsp3) is 0.500. The van der Waals surface area contributed by atoms with Crippen molar-refractivity contribution in [2.24, 2.45) is 0 Å². The third kappa shape index (κ3) is 364. The predicted octanol–water partition coefficient (Wildman–Crippen LogP) is 1.38. The van der Waals surface area contributed by atoms with E-state index in [0.29, 0.717) is 0 Å². The molecule has 0 saturated carbocycles. The lowest BCUT2D eigenvalue weighted by atomic mass is 10.5. The minimum atomic E-state index is -3.67. The topological polar surface area (TPSA) is 17.1 Å². The van der Waals surface area contributed by atoms with Crippen LogP contribution in [-0.2, 0) is 4.79 Å². The summed E-state index contributed by atoms with van der Waals surface area (Å²) in [5.74, 6) is 0. The van der Waals surface area contributed by atoms with Crippen LogP contribution < -0.4 is 0 Å². The number of halogens is 4. The Hall–Kier alpha value is -0.545. The van der Waals surface area contributed by atoms with E-state index >= 15 is 0 Å². The molecule has 0 radical (unpaired) electrons. The molecule has 0 atom stereocenters. The van der Waals surface area contributed by atoms with Gasteiger partial charge in [0, 0.05) is 6.92 Å². The molecule has 0 N–H and O–H groups in total. The monoisotopic (exact) mass is 130 g/mol. The van der Waals surface area contributed by atoms with Crippen molar-refractivity contribution >= 4 is 13.6 Å². The molecule has 0 aliphatic heterocycles. The molecule has 0 aromatic carbocycles. The van der Waals surface area contributed by atoms with Gasteiger partial charge in [-0.2, -0.15) is 4.39 Å². The van der Waals surface area contributed by atoms with Crippen molar-refractivity contribution in [2.75, 3.05) is 0 Å². The van der Waals surface area contributed by atoms with Crippen molar-refractivity contribution in [3.8, 4) is 0 Å². The third-order valence-electron chi connectivity index (χ3n) is 0. The molecule has 0 aliphatic carbocycles. The summed E-state index contributed by atoms with van der Waals surface area (Å²) in [6.45, 7) is 0.861. The smallest absolute Gasteiger partial charge is 0.262 e. The molecule has 0 heterocycles. The van der Waals surface area contributed by atoms with Crippen molar-refractivity contribution in [1.29, 1.82) is 0 Å². The zero-order chi connectivity index (χ0) is 7.15. The predicted molar refractivity (Wildman–Crippen MR) is 20.9 cm³/mol. The van der Waals surface area contributed by atoms with Gasteiger partial charge in [0.2, 0.25) is 0 Å². The molecule has 6 heteroatoms. The van der Waals surface area contributed by atoms with Gasteiger partial charge in [-0.3, -0.25) is 17.7 Å². The highest BCUT2D eigenvalue weighted by atomic mass is 19.4. The SMILES string of the molecule is CC(=O)F.FB(F)F. The molecule has 0 fully saturated rings. The first-order valence-corrected chi connectivity index (χ1v) is 1.55. The van der Waals surface area contributed by atoms with Crippen molar-refractivity contribution in [2.45, 2.75) is 6.92 Å². The maximum Gasteiger partial charge on any atom is 0.762 e. The molecular formula is C2H3BF4O. The standard InChI is InChI=1S/C2H3FO.BF3/c1-2(3)4;2-1(3)4/h1H3;. The van der Waals surface area contributed by atoms with Crippen molar-refractivity contribution in [3.63, 3.8) is 0 Å². The van der Waals surface area contributed by atoms with Gasteiger partial charge in [0.05, 0.1) is 0 Å². The van der Waals surface area contributed by atoms with Gasteiger partial charge >= 0.3 is 7.54 Å². The van der Waals surface area contributed by atoms with Crippen LogP contribution in [0.2, 0.25) is 0 Å². The van der Waals surface area contributed by atoms with E-state index in [9.17, 15) is 17.3 Å². The molecule has 0 saturated heterocycles. The summed E-state index contributed by atoms with van der Waals surface area (Å²) in [5, 5.41) is 0. The highest BCUT2D eigenvalue weighted by Crippen LogP contribution is 1.80. The summed E-state index contributed by atoms with van der Waals surface area (Å²) < 4.78 is 39.4. The average molecular weight is 130 g/mol. The quantitative estimate of drug-likeness (QED) is 0.275. The Kier molecular flexibility index (Phi) is 8.42. The maximum absolute atomic E-state index is 10.4. The zero-order valence-electron chi connectivity index (χ0n) is 4.00. The van der Waals surface area contributed by atoms with Gasteiger partial charge in [-0.15, -0.1) is 0 Å². The summed E-state index contributed by atoms with van der Waals surface area (Å²) >= 11 is 0. The molecule has 0 aliphatic rings.